The van der Waals surface area contributed by atoms with E-state index in [2.05, 4.69) is 5.32 Å². The van der Waals surface area contributed by atoms with Crippen LogP contribution in [0.1, 0.15) is 10.4 Å². The maximum atomic E-state index is 12.8. The van der Waals surface area contributed by atoms with E-state index in [0.717, 1.165) is 24.3 Å². The topological polar surface area (TPSA) is 72.2 Å². The molecule has 0 saturated carbocycles. The Bertz CT molecular complexity index is 720. The van der Waals surface area contributed by atoms with Gasteiger partial charge in [0.15, 0.2) is 0 Å². The van der Waals surface area contributed by atoms with Crippen molar-refractivity contribution in [3.05, 3.63) is 67.9 Å². The van der Waals surface area contributed by atoms with Crippen LogP contribution in [0.5, 0.6) is 0 Å². The molecule has 0 aliphatic carbocycles. The predicted octanol–water partition coefficient (Wildman–Crippen LogP) is 4.29. The maximum Gasteiger partial charge on any atom is 0.271 e. The van der Waals surface area contributed by atoms with Crippen LogP contribution in [0.15, 0.2) is 36.4 Å². The molecule has 1 N–H and O–H groups in total. The minimum absolute atomic E-state index is 0.0955. The summed E-state index contributed by atoms with van der Waals surface area (Å²) in [6, 6.07) is 7.10. The molecule has 0 radical (unpaired) electrons. The van der Waals surface area contributed by atoms with Crippen LogP contribution in [0.2, 0.25) is 10.0 Å². The third kappa shape index (κ3) is 3.48. The highest BCUT2D eigenvalue weighted by Gasteiger charge is 2.19. The zero-order valence-electron chi connectivity index (χ0n) is 10.3. The number of anilines is 1. The normalized spacial score (nSPS) is 10.2. The van der Waals surface area contributed by atoms with Gasteiger partial charge < -0.3 is 5.32 Å². The van der Waals surface area contributed by atoms with E-state index < -0.39 is 16.6 Å². The molecule has 2 aromatic rings. The van der Waals surface area contributed by atoms with Crippen molar-refractivity contribution in [1.82, 2.24) is 0 Å². The Labute approximate surface area is 128 Å². The van der Waals surface area contributed by atoms with Gasteiger partial charge in [-0.1, -0.05) is 23.2 Å². The summed E-state index contributed by atoms with van der Waals surface area (Å²) in [5.74, 6) is -1.14. The first-order valence-corrected chi connectivity index (χ1v) is 6.34. The van der Waals surface area contributed by atoms with Gasteiger partial charge in [-0.05, 0) is 24.3 Å². The average Bonchev–Trinajstić information content (AvgIpc) is 2.43. The summed E-state index contributed by atoms with van der Waals surface area (Å²) in [6.45, 7) is 0. The summed E-state index contributed by atoms with van der Waals surface area (Å²) in [7, 11) is 0. The van der Waals surface area contributed by atoms with Crippen molar-refractivity contribution >= 4 is 40.5 Å². The standard InChI is InChI=1S/C13H7Cl2FN2O3/c14-11-6-9(18(20)21)5-10(12(11)15)13(19)17-8-3-1-7(16)2-4-8/h1-6H,(H,17,19). The lowest BCUT2D eigenvalue weighted by atomic mass is 10.1. The second kappa shape index (κ2) is 6.07. The number of rotatable bonds is 3. The van der Waals surface area contributed by atoms with E-state index in [4.69, 9.17) is 23.2 Å². The lowest BCUT2D eigenvalue weighted by molar-refractivity contribution is -0.384. The van der Waals surface area contributed by atoms with Crippen molar-refractivity contribution in [1.29, 1.82) is 0 Å². The van der Waals surface area contributed by atoms with Gasteiger partial charge in [0, 0.05) is 17.8 Å². The molecule has 5 nitrogen and oxygen atoms in total. The van der Waals surface area contributed by atoms with Crippen molar-refractivity contribution in [2.24, 2.45) is 0 Å². The van der Waals surface area contributed by atoms with Crippen LogP contribution in [0.3, 0.4) is 0 Å². The van der Waals surface area contributed by atoms with Gasteiger partial charge in [-0.15, -0.1) is 0 Å². The molecule has 0 unspecified atom stereocenters. The van der Waals surface area contributed by atoms with E-state index >= 15 is 0 Å². The summed E-state index contributed by atoms with van der Waals surface area (Å²) >= 11 is 11.6. The van der Waals surface area contributed by atoms with Crippen LogP contribution in [0.25, 0.3) is 0 Å². The van der Waals surface area contributed by atoms with Gasteiger partial charge in [-0.25, -0.2) is 4.39 Å². The molecule has 0 aliphatic rings. The van der Waals surface area contributed by atoms with E-state index in [0.29, 0.717) is 5.69 Å². The van der Waals surface area contributed by atoms with E-state index in [1.807, 2.05) is 0 Å². The first-order chi connectivity index (χ1) is 9.88. The lowest BCUT2D eigenvalue weighted by Crippen LogP contribution is -2.13. The van der Waals surface area contributed by atoms with Gasteiger partial charge in [0.25, 0.3) is 11.6 Å². The first-order valence-electron chi connectivity index (χ1n) is 5.59. The number of nitrogens with zero attached hydrogens (tertiary/aromatic N) is 1. The molecule has 0 aromatic heterocycles. The Morgan fingerprint density at radius 1 is 1.19 bits per heavy atom. The second-order valence-corrected chi connectivity index (χ2v) is 4.79. The minimum Gasteiger partial charge on any atom is -0.322 e. The summed E-state index contributed by atoms with van der Waals surface area (Å²) in [5.41, 5.74) is -0.172. The second-order valence-electron chi connectivity index (χ2n) is 4.01. The number of hydrogen-bond donors (Lipinski definition) is 1. The molecule has 0 saturated heterocycles. The fourth-order valence-electron chi connectivity index (χ4n) is 1.58. The van der Waals surface area contributed by atoms with Crippen LogP contribution < -0.4 is 5.32 Å². The molecule has 0 atom stereocenters. The average molecular weight is 329 g/mol. The zero-order chi connectivity index (χ0) is 15.6. The number of non-ortho nitro benzene ring substituents is 1. The van der Waals surface area contributed by atoms with Gasteiger partial charge in [0.05, 0.1) is 20.5 Å². The monoisotopic (exact) mass is 328 g/mol. The molecule has 2 rings (SSSR count). The molecule has 108 valence electrons. The SMILES string of the molecule is O=C(Nc1ccc(F)cc1)c1cc([N+](=O)[O-])cc(Cl)c1Cl. The molecular formula is C13H7Cl2FN2O3. The number of nitrogens with one attached hydrogen (secondary N) is 1. The maximum absolute atomic E-state index is 12.8. The number of amides is 1. The number of benzene rings is 2. The quantitative estimate of drug-likeness (QED) is 0.674. The van der Waals surface area contributed by atoms with E-state index in [9.17, 15) is 19.3 Å². The molecule has 8 heteroatoms. The third-order valence-corrected chi connectivity index (χ3v) is 3.37. The number of nitro benzene ring substituents is 1. The van der Waals surface area contributed by atoms with Gasteiger partial charge >= 0.3 is 0 Å². The van der Waals surface area contributed by atoms with E-state index in [-0.39, 0.29) is 21.3 Å². The van der Waals surface area contributed by atoms with Crippen LogP contribution in [-0.4, -0.2) is 10.8 Å². The Kier molecular flexibility index (Phi) is 4.40. The number of carbonyl (C=O) groups excluding carboxylic acids is 1. The molecule has 0 spiro atoms. The van der Waals surface area contributed by atoms with Crippen LogP contribution >= 0.6 is 23.2 Å². The summed E-state index contributed by atoms with van der Waals surface area (Å²) in [5, 5.41) is 13.0. The zero-order valence-corrected chi connectivity index (χ0v) is 11.8. The molecule has 0 bridgehead atoms. The number of halogens is 3. The van der Waals surface area contributed by atoms with Crippen molar-refractivity contribution < 1.29 is 14.1 Å². The third-order valence-electron chi connectivity index (χ3n) is 2.57. The van der Waals surface area contributed by atoms with Crippen molar-refractivity contribution in [3.63, 3.8) is 0 Å². The summed E-state index contributed by atoms with van der Waals surface area (Å²) < 4.78 is 12.8. The Morgan fingerprint density at radius 2 is 1.81 bits per heavy atom. The van der Waals surface area contributed by atoms with E-state index in [1.165, 1.54) is 12.1 Å². The van der Waals surface area contributed by atoms with Crippen molar-refractivity contribution in [2.75, 3.05) is 5.32 Å². The van der Waals surface area contributed by atoms with Crippen LogP contribution in [0, 0.1) is 15.9 Å². The Hall–Kier alpha value is -2.18. The number of hydrogen-bond acceptors (Lipinski definition) is 3. The van der Waals surface area contributed by atoms with Gasteiger partial charge in [0.1, 0.15) is 5.82 Å². The molecule has 2 aromatic carbocycles. The number of nitro groups is 1. The predicted molar refractivity (Wildman–Crippen MR) is 77.5 cm³/mol. The van der Waals surface area contributed by atoms with Crippen molar-refractivity contribution in [3.8, 4) is 0 Å². The summed E-state index contributed by atoms with van der Waals surface area (Å²) in [4.78, 5) is 22.2. The molecule has 0 fully saturated rings. The van der Waals surface area contributed by atoms with Crippen molar-refractivity contribution in [2.45, 2.75) is 0 Å². The van der Waals surface area contributed by atoms with E-state index in [1.54, 1.807) is 0 Å². The fourth-order valence-corrected chi connectivity index (χ4v) is 1.99. The van der Waals surface area contributed by atoms with Gasteiger partial charge in [0.2, 0.25) is 0 Å². The largest absolute Gasteiger partial charge is 0.322 e. The molecule has 1 amide bonds. The molecule has 0 aliphatic heterocycles. The molecule has 0 heterocycles. The Balaban J connectivity index is 2.34. The Morgan fingerprint density at radius 3 is 2.38 bits per heavy atom. The number of carbonyl (C=O) groups is 1. The van der Waals surface area contributed by atoms with Gasteiger partial charge in [-0.2, -0.15) is 0 Å². The highest BCUT2D eigenvalue weighted by atomic mass is 35.5. The molecule has 21 heavy (non-hydrogen) atoms. The lowest BCUT2D eigenvalue weighted by Gasteiger charge is -2.08. The minimum atomic E-state index is -0.684. The van der Waals surface area contributed by atoms with Gasteiger partial charge in [-0.3, -0.25) is 14.9 Å². The highest BCUT2D eigenvalue weighted by molar-refractivity contribution is 6.44. The van der Waals surface area contributed by atoms with Crippen LogP contribution in [0.4, 0.5) is 15.8 Å². The van der Waals surface area contributed by atoms with Crippen LogP contribution in [-0.2, 0) is 0 Å². The smallest absolute Gasteiger partial charge is 0.271 e. The highest BCUT2D eigenvalue weighted by Crippen LogP contribution is 2.31. The summed E-state index contributed by atoms with van der Waals surface area (Å²) in [6.07, 6.45) is 0. The fraction of sp³-hybridized carbons (Fsp3) is 0. The first kappa shape index (κ1) is 15.2. The molecular weight excluding hydrogens is 322 g/mol.